The highest BCUT2D eigenvalue weighted by Crippen LogP contribution is 2.17. The van der Waals surface area contributed by atoms with E-state index in [0.717, 1.165) is 11.3 Å². The van der Waals surface area contributed by atoms with Crippen LogP contribution in [0.25, 0.3) is 0 Å². The molecule has 0 aromatic carbocycles. The smallest absolute Gasteiger partial charge is 0.190 e. The Morgan fingerprint density at radius 2 is 2.31 bits per heavy atom. The summed E-state index contributed by atoms with van der Waals surface area (Å²) in [6.45, 7) is -0.0371. The van der Waals surface area contributed by atoms with Crippen LogP contribution >= 0.6 is 11.3 Å². The molecular formula is C7H11NO3S2. The third-order valence-corrected chi connectivity index (χ3v) is 4.77. The van der Waals surface area contributed by atoms with Crippen LogP contribution in [0, 0.1) is 0 Å². The van der Waals surface area contributed by atoms with Crippen molar-refractivity contribution in [2.24, 2.45) is 5.73 Å². The minimum atomic E-state index is -3.34. The molecule has 4 nitrogen and oxygen atoms in total. The average Bonchev–Trinajstić information content (AvgIpc) is 2.55. The molecule has 0 aliphatic rings. The first-order valence-electron chi connectivity index (χ1n) is 3.70. The zero-order valence-electron chi connectivity index (χ0n) is 6.88. The maximum Gasteiger partial charge on any atom is 0.190 e. The van der Waals surface area contributed by atoms with Crippen molar-refractivity contribution in [1.82, 2.24) is 0 Å². The van der Waals surface area contributed by atoms with Gasteiger partial charge >= 0.3 is 0 Å². The van der Waals surface area contributed by atoms with E-state index < -0.39 is 15.9 Å². The molecule has 0 unspecified atom stereocenters. The third-order valence-electron chi connectivity index (χ3n) is 1.49. The van der Waals surface area contributed by atoms with E-state index in [0.29, 0.717) is 0 Å². The van der Waals surface area contributed by atoms with Gasteiger partial charge in [-0.1, -0.05) is 6.07 Å². The molecule has 1 rings (SSSR count). The molecule has 0 aliphatic carbocycles. The van der Waals surface area contributed by atoms with Gasteiger partial charge in [0.05, 0.1) is 11.9 Å². The summed E-state index contributed by atoms with van der Waals surface area (Å²) in [6, 6.07) is 3.18. The minimum absolute atomic E-state index is 0.0371. The number of aliphatic hydroxyl groups excluding tert-OH is 1. The second-order valence-electron chi connectivity index (χ2n) is 2.60. The van der Waals surface area contributed by atoms with Crippen LogP contribution in [0.4, 0.5) is 0 Å². The first-order chi connectivity index (χ1) is 6.06. The lowest BCUT2D eigenvalue weighted by Crippen LogP contribution is -2.28. The summed E-state index contributed by atoms with van der Waals surface area (Å²) >= 11 is 1.14. The molecule has 1 aromatic rings. The predicted octanol–water partition coefficient (Wildman–Crippen LogP) is -0.159. The summed E-state index contributed by atoms with van der Waals surface area (Å²) in [5.41, 5.74) is 5.12. The van der Waals surface area contributed by atoms with Crippen LogP contribution in [0.2, 0.25) is 0 Å². The molecule has 0 bridgehead atoms. The van der Waals surface area contributed by atoms with Gasteiger partial charge in [-0.3, -0.25) is 0 Å². The largest absolute Gasteiger partial charge is 0.391 e. The van der Waals surface area contributed by atoms with E-state index in [1.807, 2.05) is 0 Å². The molecule has 74 valence electrons. The fraction of sp³-hybridized carbons (Fsp3) is 0.429. The molecule has 0 saturated heterocycles. The van der Waals surface area contributed by atoms with Crippen molar-refractivity contribution in [3.8, 4) is 0 Å². The molecule has 0 aliphatic heterocycles. The summed E-state index contributed by atoms with van der Waals surface area (Å²) in [5, 5.41) is 10.8. The predicted molar refractivity (Wildman–Crippen MR) is 51.4 cm³/mol. The van der Waals surface area contributed by atoms with Gasteiger partial charge in [0.2, 0.25) is 0 Å². The average molecular weight is 221 g/mol. The molecule has 13 heavy (non-hydrogen) atoms. The van der Waals surface area contributed by atoms with E-state index in [1.54, 1.807) is 11.4 Å². The summed E-state index contributed by atoms with van der Waals surface area (Å²) < 4.78 is 23.2. The second-order valence-corrected chi connectivity index (χ2v) is 5.81. The Morgan fingerprint density at radius 1 is 1.62 bits per heavy atom. The molecular weight excluding hydrogens is 210 g/mol. The van der Waals surface area contributed by atoms with Gasteiger partial charge < -0.3 is 10.8 Å². The molecule has 0 saturated carbocycles. The Bertz CT molecular complexity index is 344. The standard InChI is InChI=1S/C7H11NO3S2/c8-4-6(9)5-13(10,11)7-2-1-3-12-7/h1-3,6,9H,4-5,8H2/t6-/m0/s1. The van der Waals surface area contributed by atoms with E-state index in [4.69, 9.17) is 10.8 Å². The number of rotatable bonds is 4. The van der Waals surface area contributed by atoms with Gasteiger partial charge in [-0.25, -0.2) is 8.42 Å². The number of aliphatic hydroxyl groups is 1. The number of sulfone groups is 1. The van der Waals surface area contributed by atoms with Crippen LogP contribution in [0.5, 0.6) is 0 Å². The molecule has 0 spiro atoms. The number of hydrogen-bond acceptors (Lipinski definition) is 5. The fourth-order valence-electron chi connectivity index (χ4n) is 0.844. The maximum absolute atomic E-state index is 11.5. The Balaban J connectivity index is 2.79. The molecule has 0 radical (unpaired) electrons. The van der Waals surface area contributed by atoms with Gasteiger partial charge in [0.1, 0.15) is 4.21 Å². The molecule has 1 atom stereocenters. The van der Waals surface area contributed by atoms with Crippen LogP contribution in [0.15, 0.2) is 21.7 Å². The fourth-order valence-corrected chi connectivity index (χ4v) is 3.34. The summed E-state index contributed by atoms with van der Waals surface area (Å²) in [4.78, 5) is 0. The lowest BCUT2D eigenvalue weighted by molar-refractivity contribution is 0.205. The Kier molecular flexibility index (Phi) is 3.43. The maximum atomic E-state index is 11.5. The summed E-state index contributed by atoms with van der Waals surface area (Å²) in [5.74, 6) is -0.302. The zero-order valence-corrected chi connectivity index (χ0v) is 8.51. The van der Waals surface area contributed by atoms with Gasteiger partial charge in [0.25, 0.3) is 0 Å². The monoisotopic (exact) mass is 221 g/mol. The van der Waals surface area contributed by atoms with Crippen molar-refractivity contribution >= 4 is 21.2 Å². The van der Waals surface area contributed by atoms with Crippen molar-refractivity contribution in [2.45, 2.75) is 10.3 Å². The highest BCUT2D eigenvalue weighted by atomic mass is 32.2. The Morgan fingerprint density at radius 3 is 2.77 bits per heavy atom. The molecule has 3 N–H and O–H groups in total. The van der Waals surface area contributed by atoms with Crippen LogP contribution in [0.1, 0.15) is 0 Å². The van der Waals surface area contributed by atoms with Crippen molar-refractivity contribution in [3.63, 3.8) is 0 Å². The van der Waals surface area contributed by atoms with E-state index in [2.05, 4.69) is 0 Å². The molecule has 1 heterocycles. The van der Waals surface area contributed by atoms with Gasteiger partial charge in [-0.05, 0) is 11.4 Å². The van der Waals surface area contributed by atoms with E-state index >= 15 is 0 Å². The quantitative estimate of drug-likeness (QED) is 0.740. The second kappa shape index (κ2) is 4.19. The van der Waals surface area contributed by atoms with E-state index in [-0.39, 0.29) is 16.5 Å². The van der Waals surface area contributed by atoms with Crippen molar-refractivity contribution in [1.29, 1.82) is 0 Å². The third kappa shape index (κ3) is 2.77. The van der Waals surface area contributed by atoms with Crippen LogP contribution in [-0.2, 0) is 9.84 Å². The highest BCUT2D eigenvalue weighted by molar-refractivity contribution is 7.93. The van der Waals surface area contributed by atoms with Crippen LogP contribution in [0.3, 0.4) is 0 Å². The minimum Gasteiger partial charge on any atom is -0.391 e. The van der Waals surface area contributed by atoms with Crippen LogP contribution < -0.4 is 5.73 Å². The normalized spacial score (nSPS) is 14.3. The number of nitrogens with two attached hydrogens (primary N) is 1. The molecule has 0 amide bonds. The van der Waals surface area contributed by atoms with Crippen molar-refractivity contribution < 1.29 is 13.5 Å². The lowest BCUT2D eigenvalue weighted by Gasteiger charge is -2.06. The Labute approximate surface area is 80.9 Å². The van der Waals surface area contributed by atoms with Crippen molar-refractivity contribution in [2.75, 3.05) is 12.3 Å². The van der Waals surface area contributed by atoms with Crippen molar-refractivity contribution in [3.05, 3.63) is 17.5 Å². The Hall–Kier alpha value is -0.430. The number of hydrogen-bond donors (Lipinski definition) is 2. The molecule has 0 fully saturated rings. The topological polar surface area (TPSA) is 80.4 Å². The van der Waals surface area contributed by atoms with Gasteiger partial charge in [-0.2, -0.15) is 0 Å². The van der Waals surface area contributed by atoms with Gasteiger partial charge in [0, 0.05) is 6.54 Å². The first-order valence-corrected chi connectivity index (χ1v) is 6.24. The first kappa shape index (κ1) is 10.6. The molecule has 6 heteroatoms. The van der Waals surface area contributed by atoms with Gasteiger partial charge in [0.15, 0.2) is 9.84 Å². The summed E-state index contributed by atoms with van der Waals surface area (Å²) in [6.07, 6.45) is -0.980. The summed E-state index contributed by atoms with van der Waals surface area (Å²) in [7, 11) is -3.34. The highest BCUT2D eigenvalue weighted by Gasteiger charge is 2.19. The molecule has 1 aromatic heterocycles. The van der Waals surface area contributed by atoms with Crippen LogP contribution in [-0.4, -0.2) is 31.9 Å². The van der Waals surface area contributed by atoms with E-state index in [9.17, 15) is 8.42 Å². The van der Waals surface area contributed by atoms with Gasteiger partial charge in [-0.15, -0.1) is 11.3 Å². The zero-order chi connectivity index (χ0) is 9.90. The SMILES string of the molecule is NC[C@H](O)CS(=O)(=O)c1cccs1. The van der Waals surface area contributed by atoms with E-state index in [1.165, 1.54) is 6.07 Å². The number of thiophene rings is 1. The lowest BCUT2D eigenvalue weighted by atomic mass is 10.4.